The lowest BCUT2D eigenvalue weighted by Crippen LogP contribution is -2.22. The second-order valence-corrected chi connectivity index (χ2v) is 2.09. The molecule has 0 bridgehead atoms. The molecule has 2 unspecified atom stereocenters. The smallest absolute Gasteiger partial charge is 0.149 e. The van der Waals surface area contributed by atoms with Crippen molar-refractivity contribution in [2.24, 2.45) is 0 Å². The van der Waals surface area contributed by atoms with Gasteiger partial charge in [-0.3, -0.25) is 0 Å². The minimum Gasteiger partial charge on any atom is -0.375 e. The summed E-state index contributed by atoms with van der Waals surface area (Å²) in [5, 5.41) is 0. The zero-order chi connectivity index (χ0) is 7.11. The van der Waals surface area contributed by atoms with Gasteiger partial charge in [-0.2, -0.15) is 12.6 Å². The van der Waals surface area contributed by atoms with Gasteiger partial charge in [-0.05, 0) is 0 Å². The predicted octanol–water partition coefficient (Wildman–Crippen LogP) is 0.775. The molecule has 1 radical (unpaired) electrons. The van der Waals surface area contributed by atoms with Crippen molar-refractivity contribution in [3.8, 4) is 0 Å². The molecule has 53 valence electrons. The Labute approximate surface area is 64.6 Å². The fourth-order valence-electron chi connectivity index (χ4n) is 0.431. The summed E-state index contributed by atoms with van der Waals surface area (Å²) in [6.07, 6.45) is 0. The summed E-state index contributed by atoms with van der Waals surface area (Å²) in [6, 6.07) is 0.0694. The Hall–Kier alpha value is 0.765. The van der Waals surface area contributed by atoms with E-state index in [1.807, 2.05) is 14.1 Å². The van der Waals surface area contributed by atoms with E-state index in [0.717, 1.165) is 0 Å². The quantitative estimate of drug-likeness (QED) is 0.281. The van der Waals surface area contributed by atoms with E-state index in [9.17, 15) is 0 Å². The molecule has 0 aromatic rings. The fraction of sp³-hybridized carbons (Fsp3) is 1.00. The molecule has 0 saturated heterocycles. The molecule has 0 heterocycles. The van der Waals surface area contributed by atoms with E-state index in [0.29, 0.717) is 12.5 Å². The average Bonchev–Trinajstić information content (AvgIpc) is 1.88. The highest BCUT2D eigenvalue weighted by molar-refractivity contribution is 7.80. The van der Waals surface area contributed by atoms with Crippen LogP contribution in [0.4, 0.5) is 0 Å². The van der Waals surface area contributed by atoms with E-state index in [2.05, 4.69) is 22.1 Å². The van der Waals surface area contributed by atoms with Crippen molar-refractivity contribution in [2.45, 2.75) is 12.8 Å². The fourth-order valence-corrected chi connectivity index (χ4v) is 0.812. The van der Waals surface area contributed by atoms with Crippen LogP contribution < -0.4 is 0 Å². The number of ether oxygens (including phenoxy) is 1. The van der Waals surface area contributed by atoms with E-state index in [-0.39, 0.29) is 6.00 Å². The summed E-state index contributed by atoms with van der Waals surface area (Å²) in [4.78, 5) is 0. The minimum absolute atomic E-state index is 0.0694. The van der Waals surface area contributed by atoms with Gasteiger partial charge >= 0.3 is 0 Å². The standard InChI is InChI=1S/C4H11BO2PS/c1-5-4(2-7-8)6-3-9/h4,9H,2-3,8H2,1H3. The minimum atomic E-state index is 0.0694. The summed E-state index contributed by atoms with van der Waals surface area (Å²) < 4.78 is 9.88. The van der Waals surface area contributed by atoms with Crippen molar-refractivity contribution in [1.29, 1.82) is 0 Å². The average molecular weight is 165 g/mol. The third-order valence-corrected chi connectivity index (χ3v) is 1.26. The molecule has 0 aliphatic heterocycles. The maximum absolute atomic E-state index is 5.10. The topological polar surface area (TPSA) is 18.5 Å². The maximum atomic E-state index is 5.10. The number of hydrogen-bond acceptors (Lipinski definition) is 3. The van der Waals surface area contributed by atoms with Crippen LogP contribution in [0.5, 0.6) is 0 Å². The van der Waals surface area contributed by atoms with Crippen LogP contribution in [0.15, 0.2) is 0 Å². The lowest BCUT2D eigenvalue weighted by molar-refractivity contribution is 0.111. The molecular weight excluding hydrogens is 154 g/mol. The molecule has 2 nitrogen and oxygen atoms in total. The Bertz CT molecular complexity index is 60.5. The molecule has 0 rings (SSSR count). The first-order valence-corrected chi connectivity index (χ1v) is 3.79. The van der Waals surface area contributed by atoms with Crippen molar-refractivity contribution in [2.75, 3.05) is 12.5 Å². The van der Waals surface area contributed by atoms with Crippen LogP contribution >= 0.6 is 22.1 Å². The van der Waals surface area contributed by atoms with Crippen molar-refractivity contribution in [3.05, 3.63) is 0 Å². The van der Waals surface area contributed by atoms with Gasteiger partial charge in [0.1, 0.15) is 7.28 Å². The zero-order valence-corrected chi connectivity index (χ0v) is 7.46. The normalized spacial score (nSPS) is 13.2. The molecule has 0 aliphatic carbocycles. The van der Waals surface area contributed by atoms with Gasteiger partial charge in [0.05, 0.1) is 12.5 Å². The number of rotatable bonds is 5. The zero-order valence-electron chi connectivity index (χ0n) is 5.41. The van der Waals surface area contributed by atoms with Gasteiger partial charge in [-0.25, -0.2) is 0 Å². The van der Waals surface area contributed by atoms with Gasteiger partial charge in [0.2, 0.25) is 0 Å². The third kappa shape index (κ3) is 5.22. The monoisotopic (exact) mass is 165 g/mol. The van der Waals surface area contributed by atoms with Crippen LogP contribution in [0.2, 0.25) is 6.82 Å². The summed E-state index contributed by atoms with van der Waals surface area (Å²) in [6.45, 7) is 2.50. The van der Waals surface area contributed by atoms with E-state index >= 15 is 0 Å². The summed E-state index contributed by atoms with van der Waals surface area (Å²) in [7, 11) is 4.11. The van der Waals surface area contributed by atoms with E-state index in [1.54, 1.807) is 0 Å². The first kappa shape index (κ1) is 9.76. The molecule has 0 N–H and O–H groups in total. The molecule has 9 heavy (non-hydrogen) atoms. The molecule has 0 spiro atoms. The van der Waals surface area contributed by atoms with Gasteiger partial charge in [-0.1, -0.05) is 6.82 Å². The van der Waals surface area contributed by atoms with Gasteiger partial charge in [-0.15, -0.1) is 0 Å². The maximum Gasteiger partial charge on any atom is 0.149 e. The van der Waals surface area contributed by atoms with E-state index in [4.69, 9.17) is 9.26 Å². The van der Waals surface area contributed by atoms with Crippen LogP contribution in [0.25, 0.3) is 0 Å². The van der Waals surface area contributed by atoms with Gasteiger partial charge in [0.15, 0.2) is 0 Å². The number of thiol groups is 1. The third-order valence-electron chi connectivity index (χ3n) is 0.921. The van der Waals surface area contributed by atoms with Crippen LogP contribution in [0.1, 0.15) is 0 Å². The van der Waals surface area contributed by atoms with Gasteiger partial charge in [0, 0.05) is 15.5 Å². The SMILES string of the molecule is C[B]C(COP)OCS. The largest absolute Gasteiger partial charge is 0.375 e. The van der Waals surface area contributed by atoms with Crippen molar-refractivity contribution >= 4 is 29.4 Å². The highest BCUT2D eigenvalue weighted by Gasteiger charge is 2.04. The molecule has 0 fully saturated rings. The lowest BCUT2D eigenvalue weighted by Gasteiger charge is -2.11. The second-order valence-electron chi connectivity index (χ2n) is 1.50. The summed E-state index contributed by atoms with van der Waals surface area (Å²) in [5.74, 6) is 0.434. The Morgan fingerprint density at radius 1 is 1.78 bits per heavy atom. The van der Waals surface area contributed by atoms with Crippen LogP contribution in [-0.2, 0) is 9.26 Å². The van der Waals surface area contributed by atoms with Crippen molar-refractivity contribution in [3.63, 3.8) is 0 Å². The first-order valence-electron chi connectivity index (χ1n) is 2.68. The molecule has 0 aliphatic rings. The van der Waals surface area contributed by atoms with Gasteiger partial charge in [0.25, 0.3) is 0 Å². The summed E-state index contributed by atoms with van der Waals surface area (Å²) in [5.41, 5.74) is 0. The Balaban J connectivity index is 3.18. The van der Waals surface area contributed by atoms with Crippen molar-refractivity contribution < 1.29 is 9.26 Å². The molecule has 0 aromatic carbocycles. The molecule has 5 heteroatoms. The lowest BCUT2D eigenvalue weighted by atomic mass is 9.75. The Kier molecular flexibility index (Phi) is 7.46. The van der Waals surface area contributed by atoms with Gasteiger partial charge < -0.3 is 9.26 Å². The molecule has 0 saturated carbocycles. The first-order chi connectivity index (χ1) is 4.35. The second kappa shape index (κ2) is 6.88. The molecule has 0 aromatic heterocycles. The van der Waals surface area contributed by atoms with E-state index < -0.39 is 0 Å². The van der Waals surface area contributed by atoms with E-state index in [1.165, 1.54) is 0 Å². The summed E-state index contributed by atoms with van der Waals surface area (Å²) >= 11 is 3.90. The highest BCUT2D eigenvalue weighted by atomic mass is 32.1. The predicted molar refractivity (Wildman–Crippen MR) is 46.0 cm³/mol. The molecule has 2 atom stereocenters. The Morgan fingerprint density at radius 3 is 2.78 bits per heavy atom. The molecule has 0 amide bonds. The van der Waals surface area contributed by atoms with Crippen LogP contribution in [-0.4, -0.2) is 25.8 Å². The highest BCUT2D eigenvalue weighted by Crippen LogP contribution is 1.95. The molecular formula is C4H11BO2PS. The van der Waals surface area contributed by atoms with Crippen LogP contribution in [0, 0.1) is 0 Å². The van der Waals surface area contributed by atoms with Crippen molar-refractivity contribution in [1.82, 2.24) is 0 Å². The number of hydrogen-bond donors (Lipinski definition) is 1. The van der Waals surface area contributed by atoms with Crippen LogP contribution in [0.3, 0.4) is 0 Å². The Morgan fingerprint density at radius 2 is 2.44 bits per heavy atom.